The molecule has 0 saturated heterocycles. The summed E-state index contributed by atoms with van der Waals surface area (Å²) < 4.78 is 0. The van der Waals surface area contributed by atoms with Crippen LogP contribution in [0, 0.1) is 0 Å². The third-order valence-corrected chi connectivity index (χ3v) is 3.48. The predicted octanol–water partition coefficient (Wildman–Crippen LogP) is 0.874. The maximum Gasteiger partial charge on any atom is 0.208 e. The van der Waals surface area contributed by atoms with Crippen LogP contribution in [0.15, 0.2) is 29.2 Å². The third-order valence-electron chi connectivity index (χ3n) is 2.13. The molecule has 2 rings (SSSR count). The molecule has 3 nitrogen and oxygen atoms in total. The highest BCUT2D eigenvalue weighted by Gasteiger charge is 2.22. The molecule has 0 bridgehead atoms. The molecular weight excluding hydrogens is 212 g/mol. The van der Waals surface area contributed by atoms with E-state index in [0.717, 1.165) is 4.90 Å². The summed E-state index contributed by atoms with van der Waals surface area (Å²) >= 11 is 1.76. The molecule has 0 spiro atoms. The van der Waals surface area contributed by atoms with Crippen molar-refractivity contribution >= 4 is 23.5 Å². The highest BCUT2D eigenvalue weighted by atomic mass is 32.2. The van der Waals surface area contributed by atoms with Gasteiger partial charge in [-0.05, 0) is 37.1 Å². The number of thioether (sulfide) groups is 1. The van der Waals surface area contributed by atoms with Gasteiger partial charge in [0, 0.05) is 15.7 Å². The number of carboxylic acid groups (broad SMARTS) is 1. The number of Topliss-reactive ketones (excluding diaryl/α,β-unsaturated/α-hetero) is 1. The second-order valence-corrected chi connectivity index (χ2v) is 4.83. The number of benzene rings is 1. The van der Waals surface area contributed by atoms with Gasteiger partial charge in [-0.15, -0.1) is 11.8 Å². The first kappa shape index (κ1) is 10.2. The van der Waals surface area contributed by atoms with Crippen molar-refractivity contribution in [2.24, 2.45) is 0 Å². The van der Waals surface area contributed by atoms with Crippen molar-refractivity contribution in [3.05, 3.63) is 29.8 Å². The minimum atomic E-state index is -1.66. The van der Waals surface area contributed by atoms with Gasteiger partial charge in [-0.3, -0.25) is 4.79 Å². The molecule has 0 atom stereocenters. The molecule has 1 saturated carbocycles. The molecule has 0 radical (unpaired) electrons. The Labute approximate surface area is 91.5 Å². The van der Waals surface area contributed by atoms with Gasteiger partial charge in [0.1, 0.15) is 5.97 Å². The number of carbonyl (C=O) groups is 2. The van der Waals surface area contributed by atoms with Crippen LogP contribution >= 0.6 is 11.8 Å². The van der Waals surface area contributed by atoms with Crippen LogP contribution < -0.4 is 5.11 Å². The average molecular weight is 221 g/mol. The number of rotatable bonds is 4. The van der Waals surface area contributed by atoms with Crippen LogP contribution in [0.2, 0.25) is 0 Å². The molecule has 0 amide bonds. The fraction of sp³-hybridized carbons (Fsp3) is 0.273. The fourth-order valence-electron chi connectivity index (χ4n) is 1.18. The smallest absolute Gasteiger partial charge is 0.208 e. The number of aliphatic carboxylic acids is 1. The van der Waals surface area contributed by atoms with Crippen LogP contribution in [-0.2, 0) is 4.79 Å². The van der Waals surface area contributed by atoms with Crippen molar-refractivity contribution in [2.45, 2.75) is 23.0 Å². The number of hydrogen-bond acceptors (Lipinski definition) is 4. The van der Waals surface area contributed by atoms with E-state index < -0.39 is 11.8 Å². The number of carbonyl (C=O) groups excluding carboxylic acids is 2. The highest BCUT2D eigenvalue weighted by Crippen LogP contribution is 2.38. The van der Waals surface area contributed by atoms with Crippen molar-refractivity contribution in [3.63, 3.8) is 0 Å². The van der Waals surface area contributed by atoms with E-state index in [4.69, 9.17) is 0 Å². The predicted molar refractivity (Wildman–Crippen MR) is 54.7 cm³/mol. The monoisotopic (exact) mass is 221 g/mol. The topological polar surface area (TPSA) is 57.2 Å². The Morgan fingerprint density at radius 1 is 1.20 bits per heavy atom. The lowest BCUT2D eigenvalue weighted by Crippen LogP contribution is -2.31. The minimum Gasteiger partial charge on any atom is -0.541 e. The van der Waals surface area contributed by atoms with E-state index in [2.05, 4.69) is 0 Å². The maximum absolute atomic E-state index is 11.0. The normalized spacial score (nSPS) is 14.9. The largest absolute Gasteiger partial charge is 0.541 e. The van der Waals surface area contributed by atoms with Gasteiger partial charge in [0.05, 0.1) is 0 Å². The van der Waals surface area contributed by atoms with Crippen molar-refractivity contribution in [1.82, 2.24) is 0 Å². The lowest BCUT2D eigenvalue weighted by atomic mass is 10.1. The van der Waals surface area contributed by atoms with E-state index >= 15 is 0 Å². The molecule has 1 aliphatic carbocycles. The molecule has 1 fully saturated rings. The summed E-state index contributed by atoms with van der Waals surface area (Å²) in [5, 5.41) is 11.0. The van der Waals surface area contributed by atoms with Crippen molar-refractivity contribution in [2.75, 3.05) is 0 Å². The quantitative estimate of drug-likeness (QED) is 0.559. The van der Waals surface area contributed by atoms with Crippen LogP contribution in [0.5, 0.6) is 0 Å². The van der Waals surface area contributed by atoms with Crippen LogP contribution in [0.25, 0.3) is 0 Å². The summed E-state index contributed by atoms with van der Waals surface area (Å²) in [6.45, 7) is 0. The Balaban J connectivity index is 2.08. The van der Waals surface area contributed by atoms with Gasteiger partial charge in [-0.1, -0.05) is 0 Å². The minimum absolute atomic E-state index is 0.176. The molecule has 0 unspecified atom stereocenters. The Morgan fingerprint density at radius 3 is 2.27 bits per heavy atom. The first-order chi connectivity index (χ1) is 7.16. The molecule has 0 aliphatic heterocycles. The molecular formula is C11H9O3S-. The molecule has 78 valence electrons. The summed E-state index contributed by atoms with van der Waals surface area (Å²) in [7, 11) is 0. The zero-order valence-electron chi connectivity index (χ0n) is 7.93. The summed E-state index contributed by atoms with van der Waals surface area (Å²) in [6.07, 6.45) is 2.48. The second kappa shape index (κ2) is 4.06. The van der Waals surface area contributed by atoms with Gasteiger partial charge in [-0.2, -0.15) is 0 Å². The van der Waals surface area contributed by atoms with Crippen molar-refractivity contribution in [3.8, 4) is 0 Å². The van der Waals surface area contributed by atoms with E-state index in [0.29, 0.717) is 5.25 Å². The number of carboxylic acids is 1. The first-order valence-corrected chi connectivity index (χ1v) is 5.57. The Bertz CT molecular complexity index is 393. The van der Waals surface area contributed by atoms with Gasteiger partial charge in [0.2, 0.25) is 5.78 Å². The highest BCUT2D eigenvalue weighted by molar-refractivity contribution is 8.00. The van der Waals surface area contributed by atoms with Crippen LogP contribution in [0.3, 0.4) is 0 Å². The fourth-order valence-corrected chi connectivity index (χ4v) is 2.23. The summed E-state index contributed by atoms with van der Waals surface area (Å²) in [5.74, 6) is -2.62. The molecule has 4 heteroatoms. The Hall–Kier alpha value is -1.29. The van der Waals surface area contributed by atoms with Gasteiger partial charge >= 0.3 is 0 Å². The molecule has 0 aromatic heterocycles. The van der Waals surface area contributed by atoms with Crippen molar-refractivity contribution in [1.29, 1.82) is 0 Å². The zero-order chi connectivity index (χ0) is 10.8. The molecule has 15 heavy (non-hydrogen) atoms. The average Bonchev–Trinajstić information content (AvgIpc) is 3.02. The molecule has 1 aromatic carbocycles. The molecule has 0 heterocycles. The SMILES string of the molecule is O=C([O-])C(=O)c1ccc(SC2CC2)cc1. The van der Waals surface area contributed by atoms with E-state index in [1.165, 1.54) is 25.0 Å². The zero-order valence-corrected chi connectivity index (χ0v) is 8.75. The lowest BCUT2D eigenvalue weighted by molar-refractivity contribution is -0.296. The number of hydrogen-bond donors (Lipinski definition) is 0. The second-order valence-electron chi connectivity index (χ2n) is 3.46. The van der Waals surface area contributed by atoms with Crippen molar-refractivity contribution < 1.29 is 14.7 Å². The van der Waals surface area contributed by atoms with E-state index in [1.54, 1.807) is 23.9 Å². The summed E-state index contributed by atoms with van der Waals surface area (Å²) in [5.41, 5.74) is 0.176. The van der Waals surface area contributed by atoms with Crippen LogP contribution in [0.4, 0.5) is 0 Å². The molecule has 0 N–H and O–H groups in total. The van der Waals surface area contributed by atoms with Gasteiger partial charge in [-0.25, -0.2) is 0 Å². The lowest BCUT2D eigenvalue weighted by Gasteiger charge is -2.03. The van der Waals surface area contributed by atoms with Crippen LogP contribution in [0.1, 0.15) is 23.2 Å². The number of ketones is 1. The van der Waals surface area contributed by atoms with Crippen LogP contribution in [-0.4, -0.2) is 17.0 Å². The third kappa shape index (κ3) is 2.59. The Kier molecular flexibility index (Phi) is 2.77. The van der Waals surface area contributed by atoms with E-state index in [9.17, 15) is 14.7 Å². The maximum atomic E-state index is 11.0. The molecule has 1 aromatic rings. The first-order valence-electron chi connectivity index (χ1n) is 4.69. The standard InChI is InChI=1S/C11H10O3S/c12-10(11(13)14)7-1-3-8(4-2-7)15-9-5-6-9/h1-4,9H,5-6H2,(H,13,14)/p-1. The molecule has 1 aliphatic rings. The summed E-state index contributed by atoms with van der Waals surface area (Å²) in [6, 6.07) is 6.62. The van der Waals surface area contributed by atoms with E-state index in [1.807, 2.05) is 0 Å². The van der Waals surface area contributed by atoms with Gasteiger partial charge in [0.25, 0.3) is 0 Å². The van der Waals surface area contributed by atoms with Gasteiger partial charge in [0.15, 0.2) is 0 Å². The van der Waals surface area contributed by atoms with Gasteiger partial charge < -0.3 is 9.90 Å². The Morgan fingerprint density at radius 2 is 1.80 bits per heavy atom. The summed E-state index contributed by atoms with van der Waals surface area (Å²) in [4.78, 5) is 22.4. The van der Waals surface area contributed by atoms with E-state index in [-0.39, 0.29) is 5.56 Å².